The van der Waals surface area contributed by atoms with Crippen LogP contribution in [0.3, 0.4) is 0 Å². The first kappa shape index (κ1) is 13.5. The monoisotopic (exact) mass is 241 g/mol. The number of carboxylic acid groups (broad SMARTS) is 1. The Balaban J connectivity index is 2.35. The van der Waals surface area contributed by atoms with Gasteiger partial charge in [-0.3, -0.25) is 4.79 Å². The smallest absolute Gasteiger partial charge is 0.407 e. The van der Waals surface area contributed by atoms with Crippen LogP contribution in [0.5, 0.6) is 0 Å². The number of carboxylic acids is 1. The minimum atomic E-state index is -0.768. The molecule has 1 saturated carbocycles. The third kappa shape index (κ3) is 4.46. The van der Waals surface area contributed by atoms with Gasteiger partial charge in [0.2, 0.25) is 0 Å². The molecule has 0 aliphatic heterocycles. The number of carbonyl (C=O) groups is 2. The van der Waals surface area contributed by atoms with Crippen molar-refractivity contribution in [2.24, 2.45) is 11.8 Å². The Bertz CT molecular complexity index is 290. The fourth-order valence-electron chi connectivity index (χ4n) is 2.18. The van der Waals surface area contributed by atoms with Gasteiger partial charge in [0, 0.05) is 6.54 Å². The van der Waals surface area contributed by atoms with Crippen LogP contribution in [0.15, 0.2) is 12.7 Å². The summed E-state index contributed by atoms with van der Waals surface area (Å²) in [5.41, 5.74) is 0. The van der Waals surface area contributed by atoms with E-state index in [1.807, 2.05) is 0 Å². The van der Waals surface area contributed by atoms with Gasteiger partial charge < -0.3 is 15.2 Å². The lowest BCUT2D eigenvalue weighted by Gasteiger charge is -2.28. The molecule has 0 aromatic heterocycles. The average Bonchev–Trinajstić information content (AvgIpc) is 2.34. The normalized spacial score (nSPS) is 23.8. The van der Waals surface area contributed by atoms with E-state index in [4.69, 9.17) is 9.84 Å². The molecule has 0 aromatic rings. The topological polar surface area (TPSA) is 75.6 Å². The van der Waals surface area contributed by atoms with Gasteiger partial charge in [-0.1, -0.05) is 25.5 Å². The lowest BCUT2D eigenvalue weighted by atomic mass is 9.79. The maximum Gasteiger partial charge on any atom is 0.407 e. The van der Waals surface area contributed by atoms with Gasteiger partial charge in [-0.15, -0.1) is 0 Å². The van der Waals surface area contributed by atoms with Crippen molar-refractivity contribution in [3.05, 3.63) is 12.7 Å². The minimum Gasteiger partial charge on any atom is -0.481 e. The van der Waals surface area contributed by atoms with Crippen LogP contribution in [0.2, 0.25) is 0 Å². The Morgan fingerprint density at radius 3 is 2.76 bits per heavy atom. The Morgan fingerprint density at radius 2 is 2.12 bits per heavy atom. The number of hydrogen-bond donors (Lipinski definition) is 2. The molecule has 0 aromatic carbocycles. The van der Waals surface area contributed by atoms with Crippen LogP contribution < -0.4 is 5.32 Å². The molecule has 1 aliphatic carbocycles. The van der Waals surface area contributed by atoms with E-state index >= 15 is 0 Å². The summed E-state index contributed by atoms with van der Waals surface area (Å²) in [5.74, 6) is -1.10. The summed E-state index contributed by atoms with van der Waals surface area (Å²) < 4.78 is 4.76. The van der Waals surface area contributed by atoms with Gasteiger partial charge in [0.1, 0.15) is 6.61 Å². The number of alkyl carbamates (subject to hydrolysis) is 1. The summed E-state index contributed by atoms with van der Waals surface area (Å²) in [5, 5.41) is 11.7. The lowest BCUT2D eigenvalue weighted by Crippen LogP contribution is -2.37. The van der Waals surface area contributed by atoms with Gasteiger partial charge >= 0.3 is 12.1 Å². The van der Waals surface area contributed by atoms with E-state index in [1.165, 1.54) is 6.08 Å². The van der Waals surface area contributed by atoms with Crippen LogP contribution in [0.25, 0.3) is 0 Å². The van der Waals surface area contributed by atoms with Crippen molar-refractivity contribution in [1.82, 2.24) is 5.32 Å². The molecule has 1 amide bonds. The molecule has 1 fully saturated rings. The van der Waals surface area contributed by atoms with Gasteiger partial charge in [0.05, 0.1) is 5.92 Å². The molecule has 96 valence electrons. The molecule has 0 spiro atoms. The summed E-state index contributed by atoms with van der Waals surface area (Å²) in [6.45, 7) is 3.97. The summed E-state index contributed by atoms with van der Waals surface area (Å²) in [7, 11) is 0. The van der Waals surface area contributed by atoms with Crippen LogP contribution in [-0.4, -0.2) is 30.3 Å². The molecule has 1 rings (SSSR count). The Morgan fingerprint density at radius 1 is 1.41 bits per heavy atom. The average molecular weight is 241 g/mol. The largest absolute Gasteiger partial charge is 0.481 e. The maximum atomic E-state index is 11.2. The van der Waals surface area contributed by atoms with Gasteiger partial charge in [-0.25, -0.2) is 4.79 Å². The third-order valence-electron chi connectivity index (χ3n) is 3.07. The molecule has 5 nitrogen and oxygen atoms in total. The number of hydrogen-bond acceptors (Lipinski definition) is 3. The van der Waals surface area contributed by atoms with Crippen molar-refractivity contribution in [3.8, 4) is 0 Å². The van der Waals surface area contributed by atoms with Gasteiger partial charge in [0.25, 0.3) is 0 Å². The SMILES string of the molecule is C=CCOC(=O)NCC1CCCCC1C(=O)O. The molecule has 17 heavy (non-hydrogen) atoms. The summed E-state index contributed by atoms with van der Waals surface area (Å²) >= 11 is 0. The third-order valence-corrected chi connectivity index (χ3v) is 3.07. The van der Waals surface area contributed by atoms with Gasteiger partial charge in [-0.2, -0.15) is 0 Å². The Kier molecular flexibility index (Phi) is 5.52. The number of ether oxygens (including phenoxy) is 1. The van der Waals surface area contributed by atoms with Crippen LogP contribution in [0.1, 0.15) is 25.7 Å². The molecule has 5 heteroatoms. The van der Waals surface area contributed by atoms with Crippen LogP contribution in [-0.2, 0) is 9.53 Å². The van der Waals surface area contributed by atoms with E-state index in [0.717, 1.165) is 19.3 Å². The van der Waals surface area contributed by atoms with Crippen LogP contribution in [0, 0.1) is 11.8 Å². The molecule has 0 saturated heterocycles. The number of rotatable bonds is 5. The van der Waals surface area contributed by atoms with Crippen molar-refractivity contribution < 1.29 is 19.4 Å². The zero-order valence-electron chi connectivity index (χ0n) is 9.85. The standard InChI is InChI=1S/C12H19NO4/c1-2-7-17-12(16)13-8-9-5-3-4-6-10(9)11(14)15/h2,9-10H,1,3-8H2,(H,13,16)(H,14,15). The molecule has 2 unspecified atom stereocenters. The van der Waals surface area contributed by atoms with E-state index in [2.05, 4.69) is 11.9 Å². The fourth-order valence-corrected chi connectivity index (χ4v) is 2.18. The van der Waals surface area contributed by atoms with E-state index in [9.17, 15) is 9.59 Å². The van der Waals surface area contributed by atoms with E-state index in [0.29, 0.717) is 13.0 Å². The van der Waals surface area contributed by atoms with Gasteiger partial charge in [0.15, 0.2) is 0 Å². The van der Waals surface area contributed by atoms with Crippen molar-refractivity contribution in [1.29, 1.82) is 0 Å². The predicted molar refractivity (Wildman–Crippen MR) is 62.6 cm³/mol. The summed E-state index contributed by atoms with van der Waals surface area (Å²) in [6, 6.07) is 0. The highest BCUT2D eigenvalue weighted by Crippen LogP contribution is 2.29. The fraction of sp³-hybridized carbons (Fsp3) is 0.667. The first-order valence-electron chi connectivity index (χ1n) is 5.89. The molecular formula is C12H19NO4. The highest BCUT2D eigenvalue weighted by atomic mass is 16.5. The number of aliphatic carboxylic acids is 1. The Labute approximate surface area is 101 Å². The molecule has 1 aliphatic rings. The second-order valence-electron chi connectivity index (χ2n) is 4.26. The van der Waals surface area contributed by atoms with Crippen molar-refractivity contribution >= 4 is 12.1 Å². The quantitative estimate of drug-likeness (QED) is 0.719. The van der Waals surface area contributed by atoms with Crippen molar-refractivity contribution in [3.63, 3.8) is 0 Å². The number of amides is 1. The minimum absolute atomic E-state index is 0.0116. The first-order valence-corrected chi connectivity index (χ1v) is 5.89. The second-order valence-corrected chi connectivity index (χ2v) is 4.26. The van der Waals surface area contributed by atoms with E-state index < -0.39 is 12.1 Å². The molecule has 0 heterocycles. The van der Waals surface area contributed by atoms with E-state index in [1.54, 1.807) is 0 Å². The lowest BCUT2D eigenvalue weighted by molar-refractivity contribution is -0.144. The highest BCUT2D eigenvalue weighted by Gasteiger charge is 2.30. The molecular weight excluding hydrogens is 222 g/mol. The van der Waals surface area contributed by atoms with Crippen LogP contribution in [0.4, 0.5) is 4.79 Å². The van der Waals surface area contributed by atoms with E-state index in [-0.39, 0.29) is 18.4 Å². The molecule has 2 N–H and O–H groups in total. The second kappa shape index (κ2) is 6.93. The van der Waals surface area contributed by atoms with Gasteiger partial charge in [-0.05, 0) is 18.8 Å². The Hall–Kier alpha value is -1.52. The number of nitrogens with one attached hydrogen (secondary N) is 1. The number of carbonyl (C=O) groups excluding carboxylic acids is 1. The maximum absolute atomic E-state index is 11.2. The predicted octanol–water partition coefficient (Wildman–Crippen LogP) is 1.79. The molecule has 0 radical (unpaired) electrons. The summed E-state index contributed by atoms with van der Waals surface area (Å²) in [4.78, 5) is 22.2. The molecule has 0 bridgehead atoms. The van der Waals surface area contributed by atoms with Crippen molar-refractivity contribution in [2.75, 3.05) is 13.2 Å². The van der Waals surface area contributed by atoms with Crippen LogP contribution >= 0.6 is 0 Å². The zero-order chi connectivity index (χ0) is 12.7. The van der Waals surface area contributed by atoms with Crippen molar-refractivity contribution in [2.45, 2.75) is 25.7 Å². The zero-order valence-corrected chi connectivity index (χ0v) is 9.85. The molecule has 2 atom stereocenters. The highest BCUT2D eigenvalue weighted by molar-refractivity contribution is 5.71. The first-order chi connectivity index (χ1) is 8.15. The summed E-state index contributed by atoms with van der Waals surface area (Å²) in [6.07, 6.45) is 4.49.